The summed E-state index contributed by atoms with van der Waals surface area (Å²) in [6.45, 7) is 0.584. The summed E-state index contributed by atoms with van der Waals surface area (Å²) >= 11 is 0. The molecule has 0 aromatic heterocycles. The van der Waals surface area contributed by atoms with Crippen LogP contribution in [-0.2, 0) is 13.0 Å². The average Bonchev–Trinajstić information content (AvgIpc) is 2.54. The maximum Gasteiger partial charge on any atom is 0.315 e. The average molecular weight is 297 g/mol. The molecule has 2 amide bonds. The Bertz CT molecular complexity index is 694. The molecule has 0 aliphatic heterocycles. The summed E-state index contributed by atoms with van der Waals surface area (Å²) in [6, 6.07) is 15.3. The van der Waals surface area contributed by atoms with E-state index >= 15 is 0 Å². The minimum Gasteiger partial charge on any atom is -0.338 e. The molecule has 0 bridgehead atoms. The first-order valence-corrected chi connectivity index (χ1v) is 6.93. The van der Waals surface area contributed by atoms with Gasteiger partial charge in [-0.05, 0) is 30.2 Å². The number of nitriles is 1. The van der Waals surface area contributed by atoms with Crippen LogP contribution in [0.3, 0.4) is 0 Å². The molecule has 0 fully saturated rings. The SMILES string of the molecule is N#Cc1cccc(CCNC(=O)NCc2ccccc2F)c1. The van der Waals surface area contributed by atoms with Crippen LogP contribution in [0.25, 0.3) is 0 Å². The Labute approximate surface area is 128 Å². The van der Waals surface area contributed by atoms with Crippen molar-refractivity contribution in [3.63, 3.8) is 0 Å². The van der Waals surface area contributed by atoms with Crippen LogP contribution in [-0.4, -0.2) is 12.6 Å². The van der Waals surface area contributed by atoms with Gasteiger partial charge in [0.25, 0.3) is 0 Å². The molecule has 0 aliphatic carbocycles. The lowest BCUT2D eigenvalue weighted by molar-refractivity contribution is 0.240. The van der Waals surface area contributed by atoms with Crippen LogP contribution in [0.1, 0.15) is 16.7 Å². The molecule has 0 spiro atoms. The van der Waals surface area contributed by atoms with Crippen molar-refractivity contribution in [1.82, 2.24) is 10.6 Å². The highest BCUT2D eigenvalue weighted by Gasteiger charge is 2.04. The van der Waals surface area contributed by atoms with Gasteiger partial charge in [0.05, 0.1) is 11.6 Å². The number of urea groups is 1. The molecular formula is C17H16FN3O. The molecule has 0 unspecified atom stereocenters. The normalized spacial score (nSPS) is 9.82. The van der Waals surface area contributed by atoms with Crippen molar-refractivity contribution in [1.29, 1.82) is 5.26 Å². The molecule has 0 radical (unpaired) electrons. The first-order chi connectivity index (χ1) is 10.7. The predicted molar refractivity (Wildman–Crippen MR) is 81.5 cm³/mol. The second-order valence-electron chi connectivity index (χ2n) is 4.76. The smallest absolute Gasteiger partial charge is 0.315 e. The summed E-state index contributed by atoms with van der Waals surface area (Å²) in [6.07, 6.45) is 0.628. The lowest BCUT2D eigenvalue weighted by atomic mass is 10.1. The van der Waals surface area contributed by atoms with Gasteiger partial charge >= 0.3 is 6.03 Å². The van der Waals surface area contributed by atoms with Crippen molar-refractivity contribution >= 4 is 6.03 Å². The molecule has 0 saturated heterocycles. The standard InChI is InChI=1S/C17H16FN3O/c18-16-7-2-1-6-15(16)12-21-17(22)20-9-8-13-4-3-5-14(10-13)11-19/h1-7,10H,8-9,12H2,(H2,20,21,22). The highest BCUT2D eigenvalue weighted by Crippen LogP contribution is 2.06. The Morgan fingerprint density at radius 1 is 1.14 bits per heavy atom. The van der Waals surface area contributed by atoms with E-state index in [1.54, 1.807) is 30.3 Å². The maximum absolute atomic E-state index is 13.4. The van der Waals surface area contributed by atoms with Gasteiger partial charge < -0.3 is 10.6 Å². The molecule has 112 valence electrons. The van der Waals surface area contributed by atoms with E-state index in [0.29, 0.717) is 24.1 Å². The summed E-state index contributed by atoms with van der Waals surface area (Å²) in [5.74, 6) is -0.337. The van der Waals surface area contributed by atoms with Crippen molar-refractivity contribution in [3.8, 4) is 6.07 Å². The molecule has 0 atom stereocenters. The third-order valence-corrected chi connectivity index (χ3v) is 3.15. The number of hydrogen-bond donors (Lipinski definition) is 2. The molecule has 2 aromatic carbocycles. The Balaban J connectivity index is 1.74. The molecule has 5 heteroatoms. The number of carbonyl (C=O) groups excluding carboxylic acids is 1. The number of carbonyl (C=O) groups is 1. The van der Waals surface area contributed by atoms with Gasteiger partial charge in [0.15, 0.2) is 0 Å². The topological polar surface area (TPSA) is 64.9 Å². The minimum absolute atomic E-state index is 0.141. The Morgan fingerprint density at radius 3 is 2.73 bits per heavy atom. The van der Waals surface area contributed by atoms with Crippen LogP contribution in [0.5, 0.6) is 0 Å². The van der Waals surface area contributed by atoms with Gasteiger partial charge in [0.1, 0.15) is 5.82 Å². The van der Waals surface area contributed by atoms with E-state index in [9.17, 15) is 9.18 Å². The number of nitrogens with zero attached hydrogens (tertiary/aromatic N) is 1. The number of halogens is 1. The second kappa shape index (κ2) is 7.79. The minimum atomic E-state index is -0.348. The van der Waals surface area contributed by atoms with Crippen LogP contribution < -0.4 is 10.6 Å². The molecular weight excluding hydrogens is 281 g/mol. The summed E-state index contributed by atoms with van der Waals surface area (Å²) in [5, 5.41) is 14.1. The van der Waals surface area contributed by atoms with Crippen LogP contribution in [0.15, 0.2) is 48.5 Å². The lowest BCUT2D eigenvalue weighted by Crippen LogP contribution is -2.36. The highest BCUT2D eigenvalue weighted by molar-refractivity contribution is 5.73. The molecule has 22 heavy (non-hydrogen) atoms. The highest BCUT2D eigenvalue weighted by atomic mass is 19.1. The number of rotatable bonds is 5. The monoisotopic (exact) mass is 297 g/mol. The van der Waals surface area contributed by atoms with Crippen LogP contribution in [0.4, 0.5) is 9.18 Å². The van der Waals surface area contributed by atoms with Crippen LogP contribution in [0, 0.1) is 17.1 Å². The summed E-state index contributed by atoms with van der Waals surface area (Å²) in [4.78, 5) is 11.6. The zero-order valence-corrected chi connectivity index (χ0v) is 12.0. The fourth-order valence-corrected chi connectivity index (χ4v) is 2.00. The first-order valence-electron chi connectivity index (χ1n) is 6.93. The van der Waals surface area contributed by atoms with Gasteiger partial charge in [-0.15, -0.1) is 0 Å². The zero-order valence-electron chi connectivity index (χ0n) is 12.0. The third kappa shape index (κ3) is 4.60. The fourth-order valence-electron chi connectivity index (χ4n) is 2.00. The van der Waals surface area contributed by atoms with Crippen LogP contribution >= 0.6 is 0 Å². The van der Waals surface area contributed by atoms with Gasteiger partial charge in [-0.3, -0.25) is 0 Å². The Kier molecular flexibility index (Phi) is 5.50. The lowest BCUT2D eigenvalue weighted by Gasteiger charge is -2.08. The van der Waals surface area contributed by atoms with E-state index in [4.69, 9.17) is 5.26 Å². The fraction of sp³-hybridized carbons (Fsp3) is 0.176. The van der Waals surface area contributed by atoms with E-state index < -0.39 is 0 Å². The van der Waals surface area contributed by atoms with E-state index in [-0.39, 0.29) is 18.4 Å². The van der Waals surface area contributed by atoms with E-state index in [1.165, 1.54) is 6.07 Å². The molecule has 0 aliphatic rings. The Hall–Kier alpha value is -2.87. The summed E-state index contributed by atoms with van der Waals surface area (Å²) in [7, 11) is 0. The number of benzene rings is 2. The van der Waals surface area contributed by atoms with Gasteiger partial charge in [-0.25, -0.2) is 9.18 Å². The molecule has 4 nitrogen and oxygen atoms in total. The Morgan fingerprint density at radius 2 is 1.95 bits per heavy atom. The van der Waals surface area contributed by atoms with Crippen molar-refractivity contribution < 1.29 is 9.18 Å². The van der Waals surface area contributed by atoms with Gasteiger partial charge in [0, 0.05) is 18.7 Å². The van der Waals surface area contributed by atoms with E-state index in [2.05, 4.69) is 16.7 Å². The molecule has 0 heterocycles. The predicted octanol–water partition coefficient (Wildman–Crippen LogP) is 2.74. The summed E-state index contributed by atoms with van der Waals surface area (Å²) < 4.78 is 13.4. The van der Waals surface area contributed by atoms with Gasteiger partial charge in [-0.2, -0.15) is 5.26 Å². The molecule has 2 N–H and O–H groups in total. The number of amides is 2. The van der Waals surface area contributed by atoms with Crippen molar-refractivity contribution in [2.45, 2.75) is 13.0 Å². The van der Waals surface area contributed by atoms with Crippen molar-refractivity contribution in [3.05, 3.63) is 71.0 Å². The van der Waals surface area contributed by atoms with Crippen molar-refractivity contribution in [2.24, 2.45) is 0 Å². The maximum atomic E-state index is 13.4. The van der Waals surface area contributed by atoms with Crippen LogP contribution in [0.2, 0.25) is 0 Å². The first kappa shape index (κ1) is 15.5. The number of nitrogens with one attached hydrogen (secondary N) is 2. The quantitative estimate of drug-likeness (QED) is 0.891. The zero-order chi connectivity index (χ0) is 15.8. The van der Waals surface area contributed by atoms with Gasteiger partial charge in [0.2, 0.25) is 0 Å². The molecule has 2 aromatic rings. The third-order valence-electron chi connectivity index (χ3n) is 3.15. The van der Waals surface area contributed by atoms with E-state index in [0.717, 1.165) is 5.56 Å². The molecule has 0 saturated carbocycles. The summed E-state index contributed by atoms with van der Waals surface area (Å²) in [5.41, 5.74) is 2.02. The van der Waals surface area contributed by atoms with Crippen molar-refractivity contribution in [2.75, 3.05) is 6.54 Å². The van der Waals surface area contributed by atoms with E-state index in [1.807, 2.05) is 12.1 Å². The number of hydrogen-bond acceptors (Lipinski definition) is 2. The molecule has 2 rings (SSSR count). The largest absolute Gasteiger partial charge is 0.338 e. The second-order valence-corrected chi connectivity index (χ2v) is 4.76. The van der Waals surface area contributed by atoms with Gasteiger partial charge in [-0.1, -0.05) is 30.3 Å².